The highest BCUT2D eigenvalue weighted by Crippen LogP contribution is 2.25. The van der Waals surface area contributed by atoms with Gasteiger partial charge in [-0.3, -0.25) is 19.9 Å². The van der Waals surface area contributed by atoms with Crippen LogP contribution in [0.2, 0.25) is 0 Å². The fourth-order valence-corrected chi connectivity index (χ4v) is 1.55. The van der Waals surface area contributed by atoms with E-state index in [0.29, 0.717) is 5.56 Å². The SMILES string of the molecule is Cn1ccc(-c2cccnc2)c([N+](=O)[O-])c1=O. The number of hydrogen-bond acceptors (Lipinski definition) is 4. The molecule has 0 aliphatic heterocycles. The summed E-state index contributed by atoms with van der Waals surface area (Å²) in [7, 11) is 1.47. The summed E-state index contributed by atoms with van der Waals surface area (Å²) in [5.41, 5.74) is -0.220. The number of nitro groups is 1. The molecule has 0 fully saturated rings. The molecular weight excluding hydrogens is 222 g/mol. The number of aromatic nitrogens is 2. The Morgan fingerprint density at radius 1 is 1.41 bits per heavy atom. The summed E-state index contributed by atoms with van der Waals surface area (Å²) in [5.74, 6) is 0. The Balaban J connectivity index is 2.76. The second kappa shape index (κ2) is 4.17. The monoisotopic (exact) mass is 231 g/mol. The van der Waals surface area contributed by atoms with E-state index >= 15 is 0 Å². The van der Waals surface area contributed by atoms with Crippen LogP contribution in [0.15, 0.2) is 41.6 Å². The van der Waals surface area contributed by atoms with Gasteiger partial charge in [0.1, 0.15) is 0 Å². The number of pyridine rings is 2. The zero-order chi connectivity index (χ0) is 12.4. The van der Waals surface area contributed by atoms with Crippen LogP contribution in [0.4, 0.5) is 5.69 Å². The second-order valence-corrected chi connectivity index (χ2v) is 3.49. The lowest BCUT2D eigenvalue weighted by Gasteiger charge is -2.03. The number of aryl methyl sites for hydroxylation is 1. The highest BCUT2D eigenvalue weighted by atomic mass is 16.6. The third kappa shape index (κ3) is 1.92. The molecule has 2 heterocycles. The van der Waals surface area contributed by atoms with Crippen LogP contribution < -0.4 is 5.56 Å². The maximum atomic E-state index is 11.7. The van der Waals surface area contributed by atoms with E-state index in [1.54, 1.807) is 18.3 Å². The zero-order valence-electron chi connectivity index (χ0n) is 9.03. The summed E-state index contributed by atoms with van der Waals surface area (Å²) in [6, 6.07) is 4.88. The van der Waals surface area contributed by atoms with E-state index in [1.807, 2.05) is 0 Å². The molecule has 0 unspecified atom stereocenters. The first-order chi connectivity index (χ1) is 8.11. The van der Waals surface area contributed by atoms with E-state index in [0.717, 1.165) is 0 Å². The van der Waals surface area contributed by atoms with Crippen molar-refractivity contribution in [3.63, 3.8) is 0 Å². The first kappa shape index (κ1) is 11.0. The maximum Gasteiger partial charge on any atom is 0.341 e. The number of hydrogen-bond donors (Lipinski definition) is 0. The van der Waals surface area contributed by atoms with Gasteiger partial charge in [-0.05, 0) is 12.1 Å². The lowest BCUT2D eigenvalue weighted by Crippen LogP contribution is -2.19. The predicted molar refractivity (Wildman–Crippen MR) is 61.6 cm³/mol. The second-order valence-electron chi connectivity index (χ2n) is 3.49. The van der Waals surface area contributed by atoms with Crippen LogP contribution in [-0.2, 0) is 7.05 Å². The molecule has 0 radical (unpaired) electrons. The van der Waals surface area contributed by atoms with E-state index in [1.165, 1.54) is 30.1 Å². The standard InChI is InChI=1S/C11H9N3O3/c1-13-6-4-9(8-3-2-5-12-7-8)10(11(13)15)14(16)17/h2-7H,1H3. The summed E-state index contributed by atoms with van der Waals surface area (Å²) in [6.07, 6.45) is 4.55. The molecule has 17 heavy (non-hydrogen) atoms. The molecule has 2 aromatic rings. The van der Waals surface area contributed by atoms with Gasteiger partial charge in [0.25, 0.3) is 0 Å². The third-order valence-electron chi connectivity index (χ3n) is 2.40. The molecule has 0 aromatic carbocycles. The van der Waals surface area contributed by atoms with Crippen LogP contribution >= 0.6 is 0 Å². The fraction of sp³-hybridized carbons (Fsp3) is 0.0909. The first-order valence-corrected chi connectivity index (χ1v) is 4.85. The highest BCUT2D eigenvalue weighted by molar-refractivity contribution is 5.71. The van der Waals surface area contributed by atoms with Gasteiger partial charge in [-0.25, -0.2) is 0 Å². The molecule has 0 saturated heterocycles. The molecule has 0 amide bonds. The van der Waals surface area contributed by atoms with E-state index in [-0.39, 0.29) is 5.56 Å². The summed E-state index contributed by atoms with van der Waals surface area (Å²) in [6.45, 7) is 0. The molecule has 0 bridgehead atoms. The van der Waals surface area contributed by atoms with Crippen LogP contribution in [0.25, 0.3) is 11.1 Å². The Hall–Kier alpha value is -2.50. The quantitative estimate of drug-likeness (QED) is 0.577. The van der Waals surface area contributed by atoms with Crippen molar-refractivity contribution in [2.24, 2.45) is 7.05 Å². The summed E-state index contributed by atoms with van der Waals surface area (Å²) in [4.78, 5) is 25.9. The average Bonchev–Trinajstić information content (AvgIpc) is 2.33. The first-order valence-electron chi connectivity index (χ1n) is 4.85. The van der Waals surface area contributed by atoms with Gasteiger partial charge in [0.05, 0.1) is 10.5 Å². The molecule has 0 atom stereocenters. The topological polar surface area (TPSA) is 78.0 Å². The van der Waals surface area contributed by atoms with Crippen LogP contribution in [0.1, 0.15) is 0 Å². The zero-order valence-corrected chi connectivity index (χ0v) is 9.03. The minimum atomic E-state index is -0.662. The van der Waals surface area contributed by atoms with Crippen LogP contribution in [0, 0.1) is 10.1 Å². The van der Waals surface area contributed by atoms with E-state index < -0.39 is 16.2 Å². The van der Waals surface area contributed by atoms with Gasteiger partial charge in [0, 0.05) is 31.2 Å². The summed E-state index contributed by atoms with van der Waals surface area (Å²) in [5, 5.41) is 10.9. The normalized spacial score (nSPS) is 10.2. The molecular formula is C11H9N3O3. The molecule has 6 nitrogen and oxygen atoms in total. The van der Waals surface area contributed by atoms with Gasteiger partial charge < -0.3 is 4.57 Å². The van der Waals surface area contributed by atoms with E-state index in [2.05, 4.69) is 4.98 Å². The van der Waals surface area contributed by atoms with Crippen LogP contribution in [-0.4, -0.2) is 14.5 Å². The lowest BCUT2D eigenvalue weighted by molar-refractivity contribution is -0.385. The molecule has 6 heteroatoms. The average molecular weight is 231 g/mol. The largest absolute Gasteiger partial charge is 0.341 e. The molecule has 2 rings (SSSR count). The van der Waals surface area contributed by atoms with Gasteiger partial charge in [0.15, 0.2) is 0 Å². The predicted octanol–water partition coefficient (Wildman–Crippen LogP) is 1.36. The van der Waals surface area contributed by atoms with Gasteiger partial charge >= 0.3 is 11.2 Å². The summed E-state index contributed by atoms with van der Waals surface area (Å²) < 4.78 is 1.18. The van der Waals surface area contributed by atoms with Gasteiger partial charge in [-0.2, -0.15) is 0 Å². The van der Waals surface area contributed by atoms with Gasteiger partial charge in [-0.1, -0.05) is 6.07 Å². The Kier molecular flexibility index (Phi) is 2.70. The maximum absolute atomic E-state index is 11.7. The van der Waals surface area contributed by atoms with E-state index in [9.17, 15) is 14.9 Å². The van der Waals surface area contributed by atoms with Crippen molar-refractivity contribution in [1.82, 2.24) is 9.55 Å². The van der Waals surface area contributed by atoms with Crippen molar-refractivity contribution in [2.45, 2.75) is 0 Å². The molecule has 0 aliphatic rings. The van der Waals surface area contributed by atoms with Gasteiger partial charge in [-0.15, -0.1) is 0 Å². The molecule has 0 spiro atoms. The van der Waals surface area contributed by atoms with Crippen molar-refractivity contribution in [3.8, 4) is 11.1 Å². The lowest BCUT2D eigenvalue weighted by atomic mass is 10.1. The number of nitrogens with zero attached hydrogens (tertiary/aromatic N) is 3. The minimum Gasteiger partial charge on any atom is -0.313 e. The van der Waals surface area contributed by atoms with Crippen LogP contribution in [0.5, 0.6) is 0 Å². The van der Waals surface area contributed by atoms with E-state index in [4.69, 9.17) is 0 Å². The van der Waals surface area contributed by atoms with Crippen molar-refractivity contribution in [1.29, 1.82) is 0 Å². The smallest absolute Gasteiger partial charge is 0.313 e. The Morgan fingerprint density at radius 2 is 2.18 bits per heavy atom. The van der Waals surface area contributed by atoms with Crippen molar-refractivity contribution in [2.75, 3.05) is 0 Å². The van der Waals surface area contributed by atoms with Gasteiger partial charge in [0.2, 0.25) is 0 Å². The molecule has 86 valence electrons. The Labute approximate surface area is 96.3 Å². The van der Waals surface area contributed by atoms with Crippen molar-refractivity contribution >= 4 is 5.69 Å². The summed E-state index contributed by atoms with van der Waals surface area (Å²) >= 11 is 0. The highest BCUT2D eigenvalue weighted by Gasteiger charge is 2.21. The molecule has 2 aromatic heterocycles. The molecule has 0 N–H and O–H groups in total. The number of rotatable bonds is 2. The van der Waals surface area contributed by atoms with Crippen molar-refractivity contribution < 1.29 is 4.92 Å². The minimum absolute atomic E-state index is 0.284. The van der Waals surface area contributed by atoms with Crippen LogP contribution in [0.3, 0.4) is 0 Å². The fourth-order valence-electron chi connectivity index (χ4n) is 1.55. The molecule has 0 saturated carbocycles. The third-order valence-corrected chi connectivity index (χ3v) is 2.40. The van der Waals surface area contributed by atoms with Crippen molar-refractivity contribution in [3.05, 3.63) is 57.3 Å². The molecule has 0 aliphatic carbocycles. The Bertz CT molecular complexity index is 620. The Morgan fingerprint density at radius 3 is 2.76 bits per heavy atom.